The first-order valence-electron chi connectivity index (χ1n) is 9.22. The van der Waals surface area contributed by atoms with Crippen LogP contribution in [0.1, 0.15) is 65.7 Å². The SMILES string of the molecule is CCSCCCN1CC(CC(C)C)NCC12CCCCC2. The van der Waals surface area contributed by atoms with Crippen molar-refractivity contribution in [2.45, 2.75) is 77.3 Å². The minimum atomic E-state index is 0.503. The van der Waals surface area contributed by atoms with Gasteiger partial charge in [-0.2, -0.15) is 11.8 Å². The van der Waals surface area contributed by atoms with Gasteiger partial charge in [-0.05, 0) is 49.7 Å². The van der Waals surface area contributed by atoms with Crippen molar-refractivity contribution in [3.05, 3.63) is 0 Å². The molecular formula is C18H36N2S. The largest absolute Gasteiger partial charge is 0.311 e. The highest BCUT2D eigenvalue weighted by molar-refractivity contribution is 7.99. The summed E-state index contributed by atoms with van der Waals surface area (Å²) in [5.41, 5.74) is 0.503. The molecule has 3 heteroatoms. The fourth-order valence-electron chi connectivity index (χ4n) is 4.23. The molecule has 2 nitrogen and oxygen atoms in total. The number of hydrogen-bond donors (Lipinski definition) is 1. The van der Waals surface area contributed by atoms with Crippen LogP contribution >= 0.6 is 11.8 Å². The number of nitrogens with one attached hydrogen (secondary N) is 1. The van der Waals surface area contributed by atoms with Gasteiger partial charge in [-0.1, -0.05) is 40.0 Å². The van der Waals surface area contributed by atoms with Crippen molar-refractivity contribution in [1.29, 1.82) is 0 Å². The number of rotatable bonds is 7. The summed E-state index contributed by atoms with van der Waals surface area (Å²) in [4.78, 5) is 2.89. The Bertz CT molecular complexity index is 287. The molecule has 0 bridgehead atoms. The summed E-state index contributed by atoms with van der Waals surface area (Å²) >= 11 is 2.10. The van der Waals surface area contributed by atoms with Gasteiger partial charge in [0.25, 0.3) is 0 Å². The molecule has 0 aromatic heterocycles. The minimum Gasteiger partial charge on any atom is -0.311 e. The standard InChI is InChI=1S/C18H36N2S/c1-4-21-12-8-11-20-14-17(13-16(2)3)19-15-18(20)9-6-5-7-10-18/h16-17,19H,4-15H2,1-3H3. The molecule has 0 amide bonds. The van der Waals surface area contributed by atoms with Crippen LogP contribution in [0.5, 0.6) is 0 Å². The summed E-state index contributed by atoms with van der Waals surface area (Å²) in [6.45, 7) is 10.8. The normalized spacial score (nSPS) is 26.6. The zero-order valence-electron chi connectivity index (χ0n) is 14.5. The van der Waals surface area contributed by atoms with Crippen molar-refractivity contribution < 1.29 is 0 Å². The summed E-state index contributed by atoms with van der Waals surface area (Å²) in [5.74, 6) is 3.41. The van der Waals surface area contributed by atoms with E-state index in [2.05, 4.69) is 42.7 Å². The van der Waals surface area contributed by atoms with E-state index < -0.39 is 0 Å². The number of nitrogens with zero attached hydrogens (tertiary/aromatic N) is 1. The molecule has 1 atom stereocenters. The van der Waals surface area contributed by atoms with Crippen molar-refractivity contribution in [2.24, 2.45) is 5.92 Å². The monoisotopic (exact) mass is 312 g/mol. The van der Waals surface area contributed by atoms with Gasteiger partial charge in [0.2, 0.25) is 0 Å². The maximum Gasteiger partial charge on any atom is 0.0334 e. The first kappa shape index (κ1) is 17.6. The Kier molecular flexibility index (Phi) is 7.37. The quantitative estimate of drug-likeness (QED) is 0.711. The van der Waals surface area contributed by atoms with E-state index >= 15 is 0 Å². The lowest BCUT2D eigenvalue weighted by Crippen LogP contribution is -2.65. The molecule has 1 saturated carbocycles. The van der Waals surface area contributed by atoms with Crippen LogP contribution in [0.15, 0.2) is 0 Å². The fourth-order valence-corrected chi connectivity index (χ4v) is 4.85. The third kappa shape index (κ3) is 5.14. The average Bonchev–Trinajstić information content (AvgIpc) is 2.47. The maximum absolute atomic E-state index is 3.90. The van der Waals surface area contributed by atoms with Gasteiger partial charge in [0.15, 0.2) is 0 Å². The predicted octanol–water partition coefficient (Wildman–Crippen LogP) is 4.15. The van der Waals surface area contributed by atoms with Crippen LogP contribution in [0.25, 0.3) is 0 Å². The fraction of sp³-hybridized carbons (Fsp3) is 1.00. The molecule has 21 heavy (non-hydrogen) atoms. The molecule has 0 aromatic rings. The molecule has 2 aliphatic rings. The van der Waals surface area contributed by atoms with Gasteiger partial charge in [0.1, 0.15) is 0 Å². The van der Waals surface area contributed by atoms with Crippen molar-refractivity contribution in [3.63, 3.8) is 0 Å². The maximum atomic E-state index is 3.90. The Morgan fingerprint density at radius 1 is 1.24 bits per heavy atom. The third-order valence-corrected chi connectivity index (χ3v) is 6.28. The molecule has 1 spiro atoms. The number of piperazine rings is 1. The summed E-state index contributed by atoms with van der Waals surface area (Å²) < 4.78 is 0. The van der Waals surface area contributed by atoms with Gasteiger partial charge >= 0.3 is 0 Å². The van der Waals surface area contributed by atoms with Gasteiger partial charge in [-0.15, -0.1) is 0 Å². The molecule has 1 aliphatic heterocycles. The molecular weight excluding hydrogens is 276 g/mol. The Balaban J connectivity index is 1.92. The van der Waals surface area contributed by atoms with Crippen LogP contribution in [-0.2, 0) is 0 Å². The van der Waals surface area contributed by atoms with Crippen molar-refractivity contribution in [1.82, 2.24) is 10.2 Å². The lowest BCUT2D eigenvalue weighted by atomic mass is 9.78. The lowest BCUT2D eigenvalue weighted by Gasteiger charge is -2.52. The zero-order chi connectivity index (χ0) is 15.1. The zero-order valence-corrected chi connectivity index (χ0v) is 15.3. The first-order chi connectivity index (χ1) is 10.2. The minimum absolute atomic E-state index is 0.503. The van der Waals surface area contributed by atoms with Crippen LogP contribution in [0.4, 0.5) is 0 Å². The Labute approximate surface area is 136 Å². The molecule has 1 saturated heterocycles. The van der Waals surface area contributed by atoms with Crippen LogP contribution in [0.2, 0.25) is 0 Å². The van der Waals surface area contributed by atoms with Gasteiger partial charge in [0, 0.05) is 24.7 Å². The van der Waals surface area contributed by atoms with Gasteiger partial charge in [0.05, 0.1) is 0 Å². The van der Waals surface area contributed by atoms with Crippen LogP contribution in [0.3, 0.4) is 0 Å². The van der Waals surface area contributed by atoms with Crippen LogP contribution < -0.4 is 5.32 Å². The highest BCUT2D eigenvalue weighted by atomic mass is 32.2. The van der Waals surface area contributed by atoms with E-state index in [9.17, 15) is 0 Å². The summed E-state index contributed by atoms with van der Waals surface area (Å²) in [6.07, 6.45) is 9.89. The number of thioether (sulfide) groups is 1. The second-order valence-corrected chi connectivity index (χ2v) is 8.88. The summed E-state index contributed by atoms with van der Waals surface area (Å²) in [5, 5.41) is 3.90. The molecule has 2 rings (SSSR count). The molecule has 1 N–H and O–H groups in total. The van der Waals surface area contributed by atoms with Crippen molar-refractivity contribution in [2.75, 3.05) is 31.1 Å². The molecule has 2 fully saturated rings. The van der Waals surface area contributed by atoms with E-state index in [1.807, 2.05) is 0 Å². The predicted molar refractivity (Wildman–Crippen MR) is 96.3 cm³/mol. The lowest BCUT2D eigenvalue weighted by molar-refractivity contribution is 0.00697. The van der Waals surface area contributed by atoms with Gasteiger partial charge in [-0.3, -0.25) is 4.90 Å². The van der Waals surface area contributed by atoms with E-state index in [0.717, 1.165) is 12.0 Å². The Hall–Kier alpha value is 0.270. The third-order valence-electron chi connectivity index (χ3n) is 5.29. The molecule has 0 radical (unpaired) electrons. The van der Waals surface area contributed by atoms with Crippen molar-refractivity contribution >= 4 is 11.8 Å². The molecule has 124 valence electrons. The summed E-state index contributed by atoms with van der Waals surface area (Å²) in [6, 6.07) is 0.719. The Morgan fingerprint density at radius 2 is 2.00 bits per heavy atom. The highest BCUT2D eigenvalue weighted by Crippen LogP contribution is 2.36. The van der Waals surface area contributed by atoms with Gasteiger partial charge < -0.3 is 5.32 Å². The Morgan fingerprint density at radius 3 is 2.67 bits per heavy atom. The van der Waals surface area contributed by atoms with E-state index in [-0.39, 0.29) is 0 Å². The second kappa shape index (κ2) is 8.79. The van der Waals surface area contributed by atoms with E-state index in [0.29, 0.717) is 5.54 Å². The van der Waals surface area contributed by atoms with E-state index in [1.54, 1.807) is 0 Å². The molecule has 1 unspecified atom stereocenters. The summed E-state index contributed by atoms with van der Waals surface area (Å²) in [7, 11) is 0. The first-order valence-corrected chi connectivity index (χ1v) is 10.4. The second-order valence-electron chi connectivity index (χ2n) is 7.49. The van der Waals surface area contributed by atoms with Gasteiger partial charge in [-0.25, -0.2) is 0 Å². The highest BCUT2D eigenvalue weighted by Gasteiger charge is 2.41. The smallest absolute Gasteiger partial charge is 0.0334 e. The van der Waals surface area contributed by atoms with Crippen molar-refractivity contribution in [3.8, 4) is 0 Å². The van der Waals surface area contributed by atoms with Crippen LogP contribution in [0, 0.1) is 5.92 Å². The molecule has 1 heterocycles. The van der Waals surface area contributed by atoms with Crippen LogP contribution in [-0.4, -0.2) is 47.6 Å². The van der Waals surface area contributed by atoms with E-state index in [1.165, 1.54) is 76.1 Å². The van der Waals surface area contributed by atoms with E-state index in [4.69, 9.17) is 0 Å². The molecule has 0 aromatic carbocycles. The number of hydrogen-bond acceptors (Lipinski definition) is 3. The average molecular weight is 313 g/mol. The topological polar surface area (TPSA) is 15.3 Å². The molecule has 1 aliphatic carbocycles.